The molecule has 0 aromatic heterocycles. The van der Waals surface area contributed by atoms with Crippen LogP contribution in [-0.2, 0) is 0 Å². The van der Waals surface area contributed by atoms with Gasteiger partial charge in [0.25, 0.3) is 5.91 Å². The van der Waals surface area contributed by atoms with Crippen LogP contribution in [0.3, 0.4) is 0 Å². The minimum absolute atomic E-state index is 0.192. The number of carbonyl (C=O) groups is 1. The molecule has 0 aliphatic carbocycles. The Bertz CT molecular complexity index is 519. The van der Waals surface area contributed by atoms with Crippen LogP contribution in [0.5, 0.6) is 11.5 Å². The Labute approximate surface area is 117 Å². The number of para-hydroxylation sites is 1. The number of carbonyl (C=O) groups excluding carboxylic acids is 1. The van der Waals surface area contributed by atoms with Crippen molar-refractivity contribution in [3.05, 3.63) is 23.8 Å². The summed E-state index contributed by atoms with van der Waals surface area (Å²) >= 11 is 4.91. The highest BCUT2D eigenvalue weighted by Crippen LogP contribution is 2.34. The van der Waals surface area contributed by atoms with Crippen LogP contribution >= 0.6 is 12.2 Å². The van der Waals surface area contributed by atoms with Crippen LogP contribution in [-0.4, -0.2) is 42.1 Å². The van der Waals surface area contributed by atoms with Gasteiger partial charge in [-0.3, -0.25) is 4.79 Å². The van der Waals surface area contributed by atoms with E-state index in [0.717, 1.165) is 0 Å². The first-order valence-electron chi connectivity index (χ1n) is 5.97. The summed E-state index contributed by atoms with van der Waals surface area (Å²) in [5, 5.41) is 0. The van der Waals surface area contributed by atoms with Crippen LogP contribution in [0.1, 0.15) is 17.3 Å². The number of hydrogen-bond donors (Lipinski definition) is 1. The first-order chi connectivity index (χ1) is 9.02. The number of fused-ring (bicyclic) bond motifs is 1. The van der Waals surface area contributed by atoms with Crippen LogP contribution in [0.4, 0.5) is 0 Å². The van der Waals surface area contributed by atoms with Gasteiger partial charge in [-0.1, -0.05) is 18.3 Å². The fourth-order valence-electron chi connectivity index (χ4n) is 1.80. The molecule has 0 saturated heterocycles. The number of hydrogen-bond acceptors (Lipinski definition) is 4. The van der Waals surface area contributed by atoms with E-state index >= 15 is 0 Å². The van der Waals surface area contributed by atoms with Gasteiger partial charge in [0.05, 0.1) is 16.6 Å². The maximum atomic E-state index is 12.4. The van der Waals surface area contributed by atoms with Crippen molar-refractivity contribution >= 4 is 23.1 Å². The number of amides is 1. The third-order valence-corrected chi connectivity index (χ3v) is 3.45. The van der Waals surface area contributed by atoms with E-state index in [4.69, 9.17) is 27.4 Å². The Morgan fingerprint density at radius 3 is 2.79 bits per heavy atom. The number of benzene rings is 1. The molecule has 1 aliphatic rings. The third-order valence-electron chi connectivity index (χ3n) is 3.11. The monoisotopic (exact) mass is 280 g/mol. The molecule has 1 amide bonds. The summed E-state index contributed by atoms with van der Waals surface area (Å²) in [6.07, 6.45) is 0. The van der Waals surface area contributed by atoms with Gasteiger partial charge in [-0.25, -0.2) is 0 Å². The minimum atomic E-state index is -0.317. The van der Waals surface area contributed by atoms with Crippen LogP contribution in [0.25, 0.3) is 0 Å². The highest BCUT2D eigenvalue weighted by atomic mass is 32.1. The van der Waals surface area contributed by atoms with E-state index in [2.05, 4.69) is 0 Å². The molecule has 102 valence electrons. The fourth-order valence-corrected chi connectivity index (χ4v) is 1.96. The Balaban J connectivity index is 2.31. The number of likely N-dealkylation sites (N-methyl/N-ethyl adjacent to an activating group) is 1. The minimum Gasteiger partial charge on any atom is -0.486 e. The molecular formula is C13H16N2O3S. The maximum Gasteiger partial charge on any atom is 0.258 e. The second-order valence-electron chi connectivity index (χ2n) is 4.32. The lowest BCUT2D eigenvalue weighted by molar-refractivity contribution is 0.0768. The fraction of sp³-hybridized carbons (Fsp3) is 0.385. The first kappa shape index (κ1) is 13.6. The molecule has 0 saturated carbocycles. The molecule has 1 atom stereocenters. The average Bonchev–Trinajstić information content (AvgIpc) is 2.44. The van der Waals surface area contributed by atoms with E-state index in [-0.39, 0.29) is 16.9 Å². The van der Waals surface area contributed by atoms with E-state index in [1.807, 2.05) is 0 Å². The van der Waals surface area contributed by atoms with Gasteiger partial charge in [0.2, 0.25) is 0 Å². The topological polar surface area (TPSA) is 64.8 Å². The quantitative estimate of drug-likeness (QED) is 0.843. The summed E-state index contributed by atoms with van der Waals surface area (Å²) < 4.78 is 11.0. The molecule has 6 heteroatoms. The van der Waals surface area contributed by atoms with Gasteiger partial charge < -0.3 is 20.1 Å². The zero-order chi connectivity index (χ0) is 14.0. The number of nitrogens with zero attached hydrogens (tertiary/aromatic N) is 1. The second kappa shape index (κ2) is 5.44. The third kappa shape index (κ3) is 2.63. The van der Waals surface area contributed by atoms with E-state index < -0.39 is 0 Å². The molecule has 1 aliphatic heterocycles. The normalized spacial score (nSPS) is 14.6. The lowest BCUT2D eigenvalue weighted by Gasteiger charge is -2.26. The zero-order valence-corrected chi connectivity index (χ0v) is 11.7. The summed E-state index contributed by atoms with van der Waals surface area (Å²) in [4.78, 5) is 14.2. The summed E-state index contributed by atoms with van der Waals surface area (Å²) in [7, 11) is 1.66. The Hall–Kier alpha value is -1.82. The van der Waals surface area contributed by atoms with E-state index in [1.165, 1.54) is 4.90 Å². The molecule has 1 aromatic carbocycles. The van der Waals surface area contributed by atoms with Crippen molar-refractivity contribution in [2.75, 3.05) is 20.3 Å². The standard InChI is InChI=1S/C13H16N2O3S/c1-8(12(14)19)15(2)13(16)9-4-3-5-10-11(9)18-7-6-17-10/h3-5,8H,6-7H2,1-2H3,(H2,14,19). The van der Waals surface area contributed by atoms with Crippen molar-refractivity contribution in [2.45, 2.75) is 13.0 Å². The predicted molar refractivity (Wildman–Crippen MR) is 75.8 cm³/mol. The predicted octanol–water partition coefficient (Wildman–Crippen LogP) is 1.20. The molecule has 19 heavy (non-hydrogen) atoms. The molecular weight excluding hydrogens is 264 g/mol. The van der Waals surface area contributed by atoms with Gasteiger partial charge in [0.15, 0.2) is 11.5 Å². The Kier molecular flexibility index (Phi) is 3.90. The van der Waals surface area contributed by atoms with Crippen LogP contribution in [0.2, 0.25) is 0 Å². The average molecular weight is 280 g/mol. The lowest BCUT2D eigenvalue weighted by atomic mass is 10.1. The van der Waals surface area contributed by atoms with Crippen LogP contribution in [0, 0.1) is 0 Å². The molecule has 2 rings (SSSR count). The number of nitrogens with two attached hydrogens (primary N) is 1. The molecule has 2 N–H and O–H groups in total. The van der Waals surface area contributed by atoms with Crippen molar-refractivity contribution in [3.8, 4) is 11.5 Å². The van der Waals surface area contributed by atoms with Gasteiger partial charge in [-0.15, -0.1) is 0 Å². The van der Waals surface area contributed by atoms with E-state index in [0.29, 0.717) is 30.3 Å². The number of ether oxygens (including phenoxy) is 2. The van der Waals surface area contributed by atoms with E-state index in [9.17, 15) is 4.79 Å². The summed E-state index contributed by atoms with van der Waals surface area (Å²) in [5.74, 6) is 0.886. The first-order valence-corrected chi connectivity index (χ1v) is 6.38. The molecule has 0 spiro atoms. The van der Waals surface area contributed by atoms with Crippen LogP contribution < -0.4 is 15.2 Å². The molecule has 0 fully saturated rings. The Morgan fingerprint density at radius 1 is 1.42 bits per heavy atom. The second-order valence-corrected chi connectivity index (χ2v) is 4.80. The highest BCUT2D eigenvalue weighted by Gasteiger charge is 2.25. The summed E-state index contributed by atoms with van der Waals surface area (Å²) in [6.45, 7) is 2.71. The molecule has 0 bridgehead atoms. The van der Waals surface area contributed by atoms with Crippen molar-refractivity contribution in [1.29, 1.82) is 0 Å². The smallest absolute Gasteiger partial charge is 0.258 e. The molecule has 5 nitrogen and oxygen atoms in total. The molecule has 1 heterocycles. The zero-order valence-electron chi connectivity index (χ0n) is 10.9. The van der Waals surface area contributed by atoms with Gasteiger partial charge >= 0.3 is 0 Å². The van der Waals surface area contributed by atoms with Gasteiger partial charge in [0, 0.05) is 7.05 Å². The largest absolute Gasteiger partial charge is 0.486 e. The molecule has 1 aromatic rings. The van der Waals surface area contributed by atoms with Gasteiger partial charge in [0.1, 0.15) is 13.2 Å². The van der Waals surface area contributed by atoms with Crippen molar-refractivity contribution in [2.24, 2.45) is 5.73 Å². The van der Waals surface area contributed by atoms with Gasteiger partial charge in [-0.05, 0) is 19.1 Å². The van der Waals surface area contributed by atoms with E-state index in [1.54, 1.807) is 32.2 Å². The summed E-state index contributed by atoms with van der Waals surface area (Å²) in [5.41, 5.74) is 6.03. The summed E-state index contributed by atoms with van der Waals surface area (Å²) in [6, 6.07) is 4.93. The molecule has 0 radical (unpaired) electrons. The van der Waals surface area contributed by atoms with Crippen molar-refractivity contribution < 1.29 is 14.3 Å². The Morgan fingerprint density at radius 2 is 2.11 bits per heavy atom. The van der Waals surface area contributed by atoms with Crippen molar-refractivity contribution in [1.82, 2.24) is 4.90 Å². The maximum absolute atomic E-state index is 12.4. The lowest BCUT2D eigenvalue weighted by Crippen LogP contribution is -2.43. The highest BCUT2D eigenvalue weighted by molar-refractivity contribution is 7.80. The number of rotatable bonds is 3. The van der Waals surface area contributed by atoms with Crippen LogP contribution in [0.15, 0.2) is 18.2 Å². The number of thiocarbonyl (C=S) groups is 1. The SMILES string of the molecule is CC(C(N)=S)N(C)C(=O)c1cccc2c1OCCO2. The molecule has 1 unspecified atom stereocenters. The van der Waals surface area contributed by atoms with Crippen molar-refractivity contribution in [3.63, 3.8) is 0 Å². The van der Waals surface area contributed by atoms with Gasteiger partial charge in [-0.2, -0.15) is 0 Å².